The number of nitrogens with zero attached hydrogens (tertiary/aromatic N) is 1. The van der Waals surface area contributed by atoms with E-state index in [0.29, 0.717) is 0 Å². The number of hydrogen-bond donors (Lipinski definition) is 0. The third-order valence-electron chi connectivity index (χ3n) is 11.7. The van der Waals surface area contributed by atoms with Crippen LogP contribution in [0.3, 0.4) is 0 Å². The lowest BCUT2D eigenvalue weighted by Crippen LogP contribution is -2.15. The zero-order valence-electron chi connectivity index (χ0n) is 31.7. The van der Waals surface area contributed by atoms with Gasteiger partial charge in [0.1, 0.15) is 0 Å². The minimum Gasteiger partial charge on any atom is -0.310 e. The molecule has 1 nitrogen and oxygen atoms in total. The van der Waals surface area contributed by atoms with Crippen LogP contribution in [0.15, 0.2) is 212 Å². The molecule has 0 aliphatic heterocycles. The molecule has 0 spiro atoms. The maximum Gasteiger partial charge on any atom is 0.0546 e. The molecule has 9 aromatic rings. The van der Waals surface area contributed by atoms with Crippen LogP contribution in [0.5, 0.6) is 0 Å². The second kappa shape index (κ2) is 13.7. The first-order valence-electron chi connectivity index (χ1n) is 19.5. The molecule has 0 aromatic heterocycles. The second-order valence-corrected chi connectivity index (χ2v) is 15.3. The number of rotatable bonds is 7. The summed E-state index contributed by atoms with van der Waals surface area (Å²) in [6.07, 6.45) is 0. The van der Waals surface area contributed by atoms with E-state index in [0.717, 1.165) is 17.1 Å². The van der Waals surface area contributed by atoms with E-state index in [2.05, 4.69) is 231 Å². The van der Waals surface area contributed by atoms with Crippen molar-refractivity contribution in [1.82, 2.24) is 0 Å². The summed E-state index contributed by atoms with van der Waals surface area (Å²) in [7, 11) is 0. The third kappa shape index (κ3) is 5.72. The molecule has 10 rings (SSSR count). The Balaban J connectivity index is 1.21. The average Bonchev–Trinajstić information content (AvgIpc) is 3.49. The Hall–Kier alpha value is -6.96. The molecule has 0 N–H and O–H groups in total. The number of hydrogen-bond acceptors (Lipinski definition) is 1. The second-order valence-electron chi connectivity index (χ2n) is 15.3. The van der Waals surface area contributed by atoms with Crippen molar-refractivity contribution in [2.45, 2.75) is 19.3 Å². The first-order chi connectivity index (χ1) is 27.5. The normalized spacial score (nSPS) is 12.6. The largest absolute Gasteiger partial charge is 0.310 e. The fourth-order valence-electron chi connectivity index (χ4n) is 8.89. The van der Waals surface area contributed by atoms with Gasteiger partial charge in [0.2, 0.25) is 0 Å². The molecule has 0 unspecified atom stereocenters. The van der Waals surface area contributed by atoms with Gasteiger partial charge in [-0.2, -0.15) is 0 Å². The first kappa shape index (κ1) is 33.6. The lowest BCUT2D eigenvalue weighted by molar-refractivity contribution is 0.660. The third-order valence-corrected chi connectivity index (χ3v) is 11.7. The fourth-order valence-corrected chi connectivity index (χ4v) is 8.89. The maximum atomic E-state index is 2.46. The van der Waals surface area contributed by atoms with Crippen LogP contribution in [0.2, 0.25) is 0 Å². The topological polar surface area (TPSA) is 3.24 Å². The summed E-state index contributed by atoms with van der Waals surface area (Å²) in [5.41, 5.74) is 18.3. The van der Waals surface area contributed by atoms with Crippen molar-refractivity contribution in [3.8, 4) is 55.6 Å². The van der Waals surface area contributed by atoms with Gasteiger partial charge < -0.3 is 4.90 Å². The van der Waals surface area contributed by atoms with Crippen molar-refractivity contribution >= 4 is 27.8 Å². The van der Waals surface area contributed by atoms with Crippen LogP contribution in [0.4, 0.5) is 17.1 Å². The Morgan fingerprint density at radius 1 is 0.321 bits per heavy atom. The molecule has 0 bridgehead atoms. The molecule has 56 heavy (non-hydrogen) atoms. The van der Waals surface area contributed by atoms with E-state index in [9.17, 15) is 0 Å². The minimum absolute atomic E-state index is 0.0738. The van der Waals surface area contributed by atoms with Gasteiger partial charge in [-0.1, -0.05) is 190 Å². The van der Waals surface area contributed by atoms with Crippen LogP contribution in [0.1, 0.15) is 25.0 Å². The van der Waals surface area contributed by atoms with E-state index in [-0.39, 0.29) is 5.41 Å². The van der Waals surface area contributed by atoms with Gasteiger partial charge in [0.25, 0.3) is 0 Å². The monoisotopic (exact) mass is 715 g/mol. The summed E-state index contributed by atoms with van der Waals surface area (Å²) in [6, 6.07) is 77.7. The quantitative estimate of drug-likeness (QED) is 0.159. The number of fused-ring (bicyclic) bond motifs is 4. The molecule has 0 atom stereocenters. The van der Waals surface area contributed by atoms with Crippen LogP contribution >= 0.6 is 0 Å². The van der Waals surface area contributed by atoms with E-state index in [1.165, 1.54) is 77.5 Å². The molecule has 1 aliphatic carbocycles. The molecule has 0 saturated heterocycles. The van der Waals surface area contributed by atoms with Gasteiger partial charge in [0, 0.05) is 22.4 Å². The molecular formula is C55H41N. The van der Waals surface area contributed by atoms with Crippen LogP contribution in [-0.2, 0) is 5.41 Å². The smallest absolute Gasteiger partial charge is 0.0546 e. The summed E-state index contributed by atoms with van der Waals surface area (Å²) < 4.78 is 0. The lowest BCUT2D eigenvalue weighted by Gasteiger charge is -2.30. The van der Waals surface area contributed by atoms with Gasteiger partial charge >= 0.3 is 0 Å². The van der Waals surface area contributed by atoms with Gasteiger partial charge in [-0.15, -0.1) is 0 Å². The van der Waals surface area contributed by atoms with Gasteiger partial charge in [0.05, 0.1) is 5.69 Å². The molecule has 1 aliphatic rings. The summed E-state index contributed by atoms with van der Waals surface area (Å²) in [5, 5.41) is 2.43. The zero-order chi connectivity index (χ0) is 37.6. The molecule has 266 valence electrons. The fraction of sp³-hybridized carbons (Fsp3) is 0.0545. The lowest BCUT2D eigenvalue weighted by atomic mass is 9.81. The zero-order valence-corrected chi connectivity index (χ0v) is 31.7. The van der Waals surface area contributed by atoms with Gasteiger partial charge in [-0.05, 0) is 108 Å². The van der Waals surface area contributed by atoms with Crippen LogP contribution in [-0.4, -0.2) is 0 Å². The molecule has 1 heteroatoms. The van der Waals surface area contributed by atoms with E-state index < -0.39 is 0 Å². The molecular weight excluding hydrogens is 675 g/mol. The Labute approximate surface area is 329 Å². The Bertz CT molecular complexity index is 2880. The van der Waals surface area contributed by atoms with Crippen molar-refractivity contribution in [2.75, 3.05) is 4.90 Å². The van der Waals surface area contributed by atoms with Gasteiger partial charge in [-0.3, -0.25) is 0 Å². The Morgan fingerprint density at radius 3 is 1.66 bits per heavy atom. The first-order valence-corrected chi connectivity index (χ1v) is 19.5. The van der Waals surface area contributed by atoms with Crippen LogP contribution < -0.4 is 4.90 Å². The van der Waals surface area contributed by atoms with Crippen LogP contribution in [0, 0.1) is 0 Å². The predicted molar refractivity (Wildman–Crippen MR) is 238 cm³/mol. The SMILES string of the molecule is CC1(C)c2ccccc2-c2ccc(-c3cccc(N(c4ccc5ccccc5c4)c4cccc(-c5ccccc5)c4-c4ccccc4-c4ccccc4)c3)cc21. The highest BCUT2D eigenvalue weighted by Gasteiger charge is 2.35. The van der Waals surface area contributed by atoms with Crippen molar-refractivity contribution in [3.05, 3.63) is 223 Å². The van der Waals surface area contributed by atoms with E-state index >= 15 is 0 Å². The molecule has 9 aromatic carbocycles. The average molecular weight is 716 g/mol. The van der Waals surface area contributed by atoms with Crippen molar-refractivity contribution < 1.29 is 0 Å². The minimum atomic E-state index is -0.0738. The maximum absolute atomic E-state index is 2.46. The van der Waals surface area contributed by atoms with E-state index in [1.807, 2.05) is 0 Å². The van der Waals surface area contributed by atoms with E-state index in [1.54, 1.807) is 0 Å². The van der Waals surface area contributed by atoms with Gasteiger partial charge in [0.15, 0.2) is 0 Å². The standard InChI is InChI=1S/C55H41N/c1-55(2)51-29-14-13-26-48(51)49-34-32-43(37-52(49)55)42-23-15-24-44(36-42)56(45-33-31-38-17-9-10-22-41(38)35-45)53-30-16-28-47(40-20-7-4-8-21-40)54(53)50-27-12-11-25-46(50)39-18-5-3-6-19-39/h3-37H,1-2H3. The Kier molecular flexibility index (Phi) is 8.23. The summed E-state index contributed by atoms with van der Waals surface area (Å²) in [6.45, 7) is 4.71. The van der Waals surface area contributed by atoms with Crippen molar-refractivity contribution in [2.24, 2.45) is 0 Å². The van der Waals surface area contributed by atoms with Gasteiger partial charge in [-0.25, -0.2) is 0 Å². The Morgan fingerprint density at radius 2 is 0.875 bits per heavy atom. The van der Waals surface area contributed by atoms with E-state index in [4.69, 9.17) is 0 Å². The van der Waals surface area contributed by atoms with Crippen LogP contribution in [0.25, 0.3) is 66.4 Å². The highest BCUT2D eigenvalue weighted by molar-refractivity contribution is 6.02. The highest BCUT2D eigenvalue weighted by atomic mass is 15.1. The predicted octanol–water partition coefficient (Wildman–Crippen LogP) is 15.3. The highest BCUT2D eigenvalue weighted by Crippen LogP contribution is 2.51. The molecule has 0 radical (unpaired) electrons. The molecule has 0 saturated carbocycles. The molecule has 0 fully saturated rings. The number of benzene rings is 9. The van der Waals surface area contributed by atoms with Crippen molar-refractivity contribution in [3.63, 3.8) is 0 Å². The molecule has 0 heterocycles. The summed E-state index contributed by atoms with van der Waals surface area (Å²) in [4.78, 5) is 2.46. The number of anilines is 3. The summed E-state index contributed by atoms with van der Waals surface area (Å²) >= 11 is 0. The summed E-state index contributed by atoms with van der Waals surface area (Å²) in [5.74, 6) is 0. The van der Waals surface area contributed by atoms with Crippen molar-refractivity contribution in [1.29, 1.82) is 0 Å². The molecule has 0 amide bonds.